The van der Waals surface area contributed by atoms with E-state index in [0.29, 0.717) is 6.17 Å². The number of anilines is 2. The fourth-order valence-electron chi connectivity index (χ4n) is 2.62. The van der Waals surface area contributed by atoms with Crippen LogP contribution in [-0.2, 0) is 0 Å². The van der Waals surface area contributed by atoms with Gasteiger partial charge in [0, 0.05) is 0 Å². The van der Waals surface area contributed by atoms with Gasteiger partial charge in [0.25, 0.3) is 0 Å². The van der Waals surface area contributed by atoms with E-state index in [1.165, 1.54) is 18.5 Å². The van der Waals surface area contributed by atoms with Crippen molar-refractivity contribution < 1.29 is 0 Å². The van der Waals surface area contributed by atoms with Crippen LogP contribution in [0.3, 0.4) is 0 Å². The van der Waals surface area contributed by atoms with Crippen molar-refractivity contribution in [1.29, 1.82) is 0 Å². The molecule has 1 atom stereocenters. The van der Waals surface area contributed by atoms with E-state index in [1.807, 2.05) is 6.07 Å². The molecule has 3 rings (SSSR count). The molecule has 3 heteroatoms. The summed E-state index contributed by atoms with van der Waals surface area (Å²) in [6.07, 6.45) is 4.04. The molecule has 2 aromatic rings. The topological polar surface area (TPSA) is 27.3 Å². The molecule has 2 N–H and O–H groups in total. The largest absolute Gasteiger partial charge is 0.297 e. The molecule has 0 saturated carbocycles. The van der Waals surface area contributed by atoms with E-state index in [-0.39, 0.29) is 0 Å². The Hall–Kier alpha value is -2.00. The zero-order chi connectivity index (χ0) is 13.6. The minimum absolute atomic E-state index is 0.339. The van der Waals surface area contributed by atoms with E-state index in [4.69, 9.17) is 0 Å². The molecule has 20 heavy (non-hydrogen) atoms. The molecule has 2 aromatic carbocycles. The van der Waals surface area contributed by atoms with E-state index in [9.17, 15) is 0 Å². The molecular formula is C17H21N3. The summed E-state index contributed by atoms with van der Waals surface area (Å²) in [5, 5.41) is 5.85. The second-order valence-corrected chi connectivity index (χ2v) is 5.15. The lowest BCUT2D eigenvalue weighted by Crippen LogP contribution is -2.51. The molecule has 104 valence electrons. The first-order valence-electron chi connectivity index (χ1n) is 7.33. The van der Waals surface area contributed by atoms with E-state index < -0.39 is 0 Å². The lowest BCUT2D eigenvalue weighted by atomic mass is 10.1. The standard InChI is InChI=1S/C17H21N3/c1-3-9-15(10-4-1)19-20(16-11-5-2-6-12-16)17-13-7-8-14-18-17/h1-6,9-12,17-19H,7-8,13-14H2. The summed E-state index contributed by atoms with van der Waals surface area (Å²) >= 11 is 0. The number of hydrogen-bond donors (Lipinski definition) is 2. The molecule has 1 fully saturated rings. The minimum Gasteiger partial charge on any atom is -0.297 e. The van der Waals surface area contributed by atoms with Gasteiger partial charge in [0.05, 0.1) is 17.5 Å². The first-order valence-corrected chi connectivity index (χ1v) is 7.33. The monoisotopic (exact) mass is 267 g/mol. The van der Waals surface area contributed by atoms with E-state index in [1.54, 1.807) is 0 Å². The van der Waals surface area contributed by atoms with Gasteiger partial charge in [-0.25, -0.2) is 0 Å². The van der Waals surface area contributed by atoms with Crippen molar-refractivity contribution in [2.75, 3.05) is 17.0 Å². The smallest absolute Gasteiger partial charge is 0.0998 e. The third-order valence-electron chi connectivity index (χ3n) is 3.65. The van der Waals surface area contributed by atoms with E-state index in [0.717, 1.165) is 18.7 Å². The predicted octanol–water partition coefficient (Wildman–Crippen LogP) is 3.62. The van der Waals surface area contributed by atoms with Gasteiger partial charge >= 0.3 is 0 Å². The Morgan fingerprint density at radius 3 is 2.25 bits per heavy atom. The Kier molecular flexibility index (Phi) is 4.19. The third-order valence-corrected chi connectivity index (χ3v) is 3.65. The van der Waals surface area contributed by atoms with Gasteiger partial charge in [-0.15, -0.1) is 0 Å². The van der Waals surface area contributed by atoms with Crippen LogP contribution in [0.15, 0.2) is 60.7 Å². The first kappa shape index (κ1) is 13.0. The van der Waals surface area contributed by atoms with Crippen molar-refractivity contribution in [2.45, 2.75) is 25.4 Å². The summed E-state index contributed by atoms with van der Waals surface area (Å²) in [5.41, 5.74) is 5.84. The number of hydrogen-bond acceptors (Lipinski definition) is 3. The zero-order valence-corrected chi connectivity index (χ0v) is 11.6. The molecule has 0 bridgehead atoms. The Balaban J connectivity index is 1.83. The number of piperidine rings is 1. The van der Waals surface area contributed by atoms with Crippen molar-refractivity contribution in [3.8, 4) is 0 Å². The molecule has 1 heterocycles. The Labute approximate surface area is 120 Å². The van der Waals surface area contributed by atoms with Crippen LogP contribution in [0.1, 0.15) is 19.3 Å². The summed E-state index contributed by atoms with van der Waals surface area (Å²) in [7, 11) is 0. The number of benzene rings is 2. The molecule has 0 aromatic heterocycles. The van der Waals surface area contributed by atoms with Crippen LogP contribution in [0, 0.1) is 0 Å². The maximum Gasteiger partial charge on any atom is 0.0998 e. The van der Waals surface area contributed by atoms with Crippen molar-refractivity contribution in [2.24, 2.45) is 0 Å². The maximum absolute atomic E-state index is 3.60. The highest BCUT2D eigenvalue weighted by atomic mass is 15.6. The van der Waals surface area contributed by atoms with Crippen LogP contribution < -0.4 is 15.8 Å². The minimum atomic E-state index is 0.339. The van der Waals surface area contributed by atoms with Gasteiger partial charge in [-0.2, -0.15) is 0 Å². The summed E-state index contributed by atoms with van der Waals surface area (Å²) in [5.74, 6) is 0. The number of para-hydroxylation sites is 2. The van der Waals surface area contributed by atoms with Gasteiger partial charge in [-0.1, -0.05) is 36.4 Å². The quantitative estimate of drug-likeness (QED) is 0.829. The predicted molar refractivity (Wildman–Crippen MR) is 84.6 cm³/mol. The van der Waals surface area contributed by atoms with Crippen LogP contribution >= 0.6 is 0 Å². The van der Waals surface area contributed by atoms with Gasteiger partial charge in [-0.3, -0.25) is 15.8 Å². The molecule has 3 nitrogen and oxygen atoms in total. The van der Waals surface area contributed by atoms with Crippen LogP contribution in [0.2, 0.25) is 0 Å². The first-order chi connectivity index (χ1) is 9.93. The summed E-state index contributed by atoms with van der Waals surface area (Å²) < 4.78 is 0. The van der Waals surface area contributed by atoms with E-state index in [2.05, 4.69) is 70.3 Å². The highest BCUT2D eigenvalue weighted by molar-refractivity contribution is 5.55. The molecule has 0 amide bonds. The molecular weight excluding hydrogens is 246 g/mol. The van der Waals surface area contributed by atoms with Crippen molar-refractivity contribution in [3.05, 3.63) is 60.7 Å². The van der Waals surface area contributed by atoms with Gasteiger partial charge in [0.2, 0.25) is 0 Å². The van der Waals surface area contributed by atoms with Crippen LogP contribution in [0.4, 0.5) is 11.4 Å². The number of rotatable bonds is 4. The van der Waals surface area contributed by atoms with Crippen LogP contribution in [0.25, 0.3) is 0 Å². The van der Waals surface area contributed by atoms with Gasteiger partial charge in [-0.05, 0) is 50.1 Å². The lowest BCUT2D eigenvalue weighted by Gasteiger charge is -2.37. The number of hydrazine groups is 1. The Morgan fingerprint density at radius 2 is 1.60 bits per heavy atom. The fraction of sp³-hybridized carbons (Fsp3) is 0.294. The molecule has 1 unspecified atom stereocenters. The van der Waals surface area contributed by atoms with Crippen molar-refractivity contribution in [3.63, 3.8) is 0 Å². The second-order valence-electron chi connectivity index (χ2n) is 5.15. The fourth-order valence-corrected chi connectivity index (χ4v) is 2.62. The summed E-state index contributed by atoms with van der Waals surface area (Å²) in [4.78, 5) is 0. The number of nitrogens with one attached hydrogen (secondary N) is 2. The maximum atomic E-state index is 3.60. The van der Waals surface area contributed by atoms with E-state index >= 15 is 0 Å². The van der Waals surface area contributed by atoms with Crippen molar-refractivity contribution in [1.82, 2.24) is 5.32 Å². The van der Waals surface area contributed by atoms with Crippen LogP contribution in [-0.4, -0.2) is 12.7 Å². The molecule has 1 saturated heterocycles. The van der Waals surface area contributed by atoms with Crippen LogP contribution in [0.5, 0.6) is 0 Å². The number of nitrogens with zero attached hydrogens (tertiary/aromatic N) is 1. The second kappa shape index (κ2) is 6.44. The summed E-state index contributed by atoms with van der Waals surface area (Å²) in [6, 6.07) is 20.8. The van der Waals surface area contributed by atoms with Gasteiger partial charge < -0.3 is 0 Å². The molecule has 0 spiro atoms. The Morgan fingerprint density at radius 1 is 0.900 bits per heavy atom. The molecule has 0 radical (unpaired) electrons. The average molecular weight is 267 g/mol. The van der Waals surface area contributed by atoms with Crippen molar-refractivity contribution >= 4 is 11.4 Å². The van der Waals surface area contributed by atoms with Gasteiger partial charge in [0.15, 0.2) is 0 Å². The average Bonchev–Trinajstić information content (AvgIpc) is 2.55. The molecule has 0 aliphatic carbocycles. The lowest BCUT2D eigenvalue weighted by molar-refractivity contribution is 0.396. The highest BCUT2D eigenvalue weighted by Crippen LogP contribution is 2.21. The SMILES string of the molecule is c1ccc(NN(c2ccccc2)C2CCCCN2)cc1. The molecule has 1 aliphatic rings. The Bertz CT molecular complexity index is 506. The van der Waals surface area contributed by atoms with Gasteiger partial charge in [0.1, 0.15) is 0 Å². The molecule has 1 aliphatic heterocycles. The summed E-state index contributed by atoms with van der Waals surface area (Å²) in [6.45, 7) is 1.09. The zero-order valence-electron chi connectivity index (χ0n) is 11.6. The third kappa shape index (κ3) is 3.11. The normalized spacial score (nSPS) is 18.5. The highest BCUT2D eigenvalue weighted by Gasteiger charge is 2.21.